The molecule has 42 heavy (non-hydrogen) atoms. The lowest BCUT2D eigenvalue weighted by Gasteiger charge is -2.42. The maximum Gasteiger partial charge on any atom is 0.238 e. The van der Waals surface area contributed by atoms with E-state index < -0.39 is 35.2 Å². The average Bonchev–Trinajstić information content (AvgIpc) is 3.26. The molecule has 9 heteroatoms. The van der Waals surface area contributed by atoms with Crippen molar-refractivity contribution in [1.29, 1.82) is 0 Å². The summed E-state index contributed by atoms with van der Waals surface area (Å²) in [6.45, 7) is 4.37. The van der Waals surface area contributed by atoms with E-state index >= 15 is 0 Å². The van der Waals surface area contributed by atoms with Crippen molar-refractivity contribution in [2.75, 3.05) is 36.1 Å². The van der Waals surface area contributed by atoms with Crippen LogP contribution < -0.4 is 9.80 Å². The van der Waals surface area contributed by atoms with Crippen molar-refractivity contribution in [1.82, 2.24) is 0 Å². The summed E-state index contributed by atoms with van der Waals surface area (Å²) < 4.78 is 20.0. The van der Waals surface area contributed by atoms with Gasteiger partial charge in [-0.15, -0.1) is 0 Å². The molecule has 2 saturated heterocycles. The summed E-state index contributed by atoms with van der Waals surface area (Å²) in [6, 6.07) is 11.5. The summed E-state index contributed by atoms with van der Waals surface area (Å²) in [4.78, 5) is 58.0. The number of imide groups is 1. The minimum Gasteiger partial charge on any atom is -0.505 e. The Labute approximate surface area is 241 Å². The van der Waals surface area contributed by atoms with Gasteiger partial charge in [0, 0.05) is 47.0 Å². The number of Topliss-reactive ketones (excluding diaryl/α,β-unsaturated/α-hetero) is 1. The fourth-order valence-electron chi connectivity index (χ4n) is 7.39. The summed E-state index contributed by atoms with van der Waals surface area (Å²) in [7, 11) is 0. The molecule has 0 bridgehead atoms. The molecule has 214 valence electrons. The third-order valence-corrected chi connectivity index (χ3v) is 9.38. The molecule has 7 rings (SSSR count). The van der Waals surface area contributed by atoms with E-state index in [9.17, 15) is 28.7 Å². The van der Waals surface area contributed by atoms with E-state index in [0.717, 1.165) is 24.8 Å². The van der Waals surface area contributed by atoms with Crippen LogP contribution in [0, 0.1) is 23.6 Å². The Hall–Kier alpha value is -4.37. The summed E-state index contributed by atoms with van der Waals surface area (Å²) in [5.74, 6) is -5.61. The van der Waals surface area contributed by atoms with Crippen molar-refractivity contribution >= 4 is 34.8 Å². The number of carbonyl (C=O) groups is 4. The van der Waals surface area contributed by atoms with Crippen LogP contribution in [0.15, 0.2) is 76.9 Å². The summed E-state index contributed by atoms with van der Waals surface area (Å²) in [5.41, 5.74) is 3.06. The average molecular weight is 569 g/mol. The first kappa shape index (κ1) is 26.5. The molecular weight excluding hydrogens is 539 g/mol. The molecule has 8 nitrogen and oxygen atoms in total. The second-order valence-corrected chi connectivity index (χ2v) is 11.5. The molecule has 2 heterocycles. The van der Waals surface area contributed by atoms with Crippen molar-refractivity contribution < 1.29 is 33.4 Å². The number of hydrogen-bond donors (Lipinski definition) is 1. The molecule has 2 aliphatic heterocycles. The molecule has 1 N–H and O–H groups in total. The zero-order valence-electron chi connectivity index (χ0n) is 23.0. The van der Waals surface area contributed by atoms with E-state index in [1.54, 1.807) is 19.1 Å². The minimum absolute atomic E-state index is 0.119. The largest absolute Gasteiger partial charge is 0.505 e. The summed E-state index contributed by atoms with van der Waals surface area (Å²) in [5, 5.41) is 10.7. The van der Waals surface area contributed by atoms with Crippen molar-refractivity contribution in [2.45, 2.75) is 25.7 Å². The Morgan fingerprint density at radius 3 is 2.38 bits per heavy atom. The first-order valence-corrected chi connectivity index (χ1v) is 14.2. The lowest BCUT2D eigenvalue weighted by molar-refractivity contribution is -0.123. The third kappa shape index (κ3) is 3.90. The highest BCUT2D eigenvalue weighted by atomic mass is 19.1. The number of allylic oxidation sites excluding steroid dienone is 6. The van der Waals surface area contributed by atoms with Crippen molar-refractivity contribution in [3.05, 3.63) is 88.3 Å². The van der Waals surface area contributed by atoms with Crippen LogP contribution >= 0.6 is 0 Å². The molecule has 2 aromatic carbocycles. The molecule has 4 unspecified atom stereocenters. The quantitative estimate of drug-likeness (QED) is 0.339. The Bertz CT molecular complexity index is 1650. The van der Waals surface area contributed by atoms with Gasteiger partial charge in [0.05, 0.1) is 30.7 Å². The molecule has 4 atom stereocenters. The number of amides is 2. The molecule has 2 fully saturated rings. The second-order valence-electron chi connectivity index (χ2n) is 11.5. The smallest absolute Gasteiger partial charge is 0.238 e. The Balaban J connectivity index is 1.28. The number of ketones is 2. The number of ether oxygens (including phenoxy) is 1. The number of rotatable bonds is 3. The molecule has 2 amide bonds. The van der Waals surface area contributed by atoms with Gasteiger partial charge >= 0.3 is 0 Å². The fraction of sp³-hybridized carbons (Fsp3) is 0.333. The van der Waals surface area contributed by atoms with Gasteiger partial charge in [-0.2, -0.15) is 0 Å². The van der Waals surface area contributed by atoms with Crippen LogP contribution in [0.25, 0.3) is 0 Å². The Kier molecular flexibility index (Phi) is 6.23. The summed E-state index contributed by atoms with van der Waals surface area (Å²) in [6.07, 6.45) is 3.51. The van der Waals surface area contributed by atoms with Gasteiger partial charge in [-0.3, -0.25) is 24.1 Å². The first-order valence-electron chi connectivity index (χ1n) is 14.2. The second kappa shape index (κ2) is 9.87. The van der Waals surface area contributed by atoms with Crippen LogP contribution in [-0.2, 0) is 23.9 Å². The SMILES string of the molecule is CC1=CC(=O)C2=C(CC3C(=CCC4C(=O)N(c5ccc(N6CCOCC6)cc5)C(=O)C43)C2c2cccc(F)c2O)C1=O. The van der Waals surface area contributed by atoms with E-state index in [-0.39, 0.29) is 58.5 Å². The number of morpholine rings is 1. The highest BCUT2D eigenvalue weighted by molar-refractivity contribution is 6.25. The Morgan fingerprint density at radius 1 is 0.929 bits per heavy atom. The lowest BCUT2D eigenvalue weighted by Crippen LogP contribution is -2.39. The molecule has 5 aliphatic rings. The van der Waals surface area contributed by atoms with Gasteiger partial charge in [0.1, 0.15) is 0 Å². The molecule has 3 aliphatic carbocycles. The van der Waals surface area contributed by atoms with Crippen molar-refractivity contribution in [3.8, 4) is 5.75 Å². The number of hydrogen-bond acceptors (Lipinski definition) is 7. The van der Waals surface area contributed by atoms with E-state index in [1.165, 1.54) is 23.1 Å². The monoisotopic (exact) mass is 568 g/mol. The molecular formula is C33H29FN2O6. The van der Waals surface area contributed by atoms with Gasteiger partial charge < -0.3 is 14.7 Å². The van der Waals surface area contributed by atoms with Gasteiger partial charge in [0.15, 0.2) is 23.1 Å². The maximum absolute atomic E-state index is 14.6. The van der Waals surface area contributed by atoms with Gasteiger partial charge in [-0.1, -0.05) is 23.8 Å². The first-order chi connectivity index (χ1) is 20.3. The van der Waals surface area contributed by atoms with Crippen LogP contribution in [0.4, 0.5) is 15.8 Å². The standard InChI is InChI=1S/C33H29FN2O6/c1-17-15-26(37)29-24(30(17)38)16-23-20(27(29)21-3-2-4-25(34)31(21)39)9-10-22-28(23)33(41)36(32(22)40)19-7-5-18(6-8-19)35-11-13-42-14-12-35/h2-9,15,22-23,27-28,39H,10-14,16H2,1H3. The van der Waals surface area contributed by atoms with Crippen molar-refractivity contribution in [2.24, 2.45) is 17.8 Å². The van der Waals surface area contributed by atoms with E-state index in [2.05, 4.69) is 4.90 Å². The van der Waals surface area contributed by atoms with Crippen LogP contribution in [0.1, 0.15) is 31.2 Å². The zero-order valence-corrected chi connectivity index (χ0v) is 23.0. The number of carbonyl (C=O) groups excluding carboxylic acids is 4. The predicted octanol–water partition coefficient (Wildman–Crippen LogP) is 4.00. The number of phenolic OH excluding ortho intramolecular Hbond substituents is 1. The number of phenols is 1. The number of halogens is 1. The van der Waals surface area contributed by atoms with E-state index in [4.69, 9.17) is 4.74 Å². The van der Waals surface area contributed by atoms with E-state index in [1.807, 2.05) is 18.2 Å². The number of nitrogens with zero attached hydrogens (tertiary/aromatic N) is 2. The predicted molar refractivity (Wildman–Crippen MR) is 151 cm³/mol. The normalized spacial score (nSPS) is 27.5. The van der Waals surface area contributed by atoms with Crippen LogP contribution in [0.3, 0.4) is 0 Å². The molecule has 2 aromatic rings. The Morgan fingerprint density at radius 2 is 1.64 bits per heavy atom. The number of para-hydroxylation sites is 1. The molecule has 0 saturated carbocycles. The molecule has 0 spiro atoms. The van der Waals surface area contributed by atoms with Gasteiger partial charge in [0.2, 0.25) is 11.8 Å². The van der Waals surface area contributed by atoms with Crippen LogP contribution in [0.2, 0.25) is 0 Å². The zero-order chi connectivity index (χ0) is 29.3. The lowest BCUT2D eigenvalue weighted by atomic mass is 9.59. The minimum atomic E-state index is -0.902. The highest BCUT2D eigenvalue weighted by Crippen LogP contribution is 2.56. The fourth-order valence-corrected chi connectivity index (χ4v) is 7.39. The van der Waals surface area contributed by atoms with Gasteiger partial charge in [0.25, 0.3) is 0 Å². The number of benzene rings is 2. The number of fused-ring (bicyclic) bond motifs is 3. The molecule has 0 radical (unpaired) electrons. The van der Waals surface area contributed by atoms with E-state index in [0.29, 0.717) is 24.5 Å². The van der Waals surface area contributed by atoms with Gasteiger partial charge in [-0.25, -0.2) is 4.39 Å². The highest BCUT2D eigenvalue weighted by Gasteiger charge is 2.56. The third-order valence-electron chi connectivity index (χ3n) is 9.38. The van der Waals surface area contributed by atoms with Crippen LogP contribution in [-0.4, -0.2) is 54.8 Å². The topological polar surface area (TPSA) is 104 Å². The van der Waals surface area contributed by atoms with Crippen LogP contribution in [0.5, 0.6) is 5.75 Å². The number of aromatic hydroxyl groups is 1. The number of anilines is 2. The van der Waals surface area contributed by atoms with Gasteiger partial charge in [-0.05, 0) is 62.1 Å². The summed E-state index contributed by atoms with van der Waals surface area (Å²) >= 11 is 0. The van der Waals surface area contributed by atoms with Crippen molar-refractivity contribution in [3.63, 3.8) is 0 Å². The molecule has 0 aromatic heterocycles. The maximum atomic E-state index is 14.6.